The van der Waals surface area contributed by atoms with Crippen LogP contribution in [-0.4, -0.2) is 41.4 Å². The second-order valence-electron chi connectivity index (χ2n) is 5.60. The number of hydrogen-bond donors (Lipinski definition) is 2. The normalized spacial score (nSPS) is 16.9. The summed E-state index contributed by atoms with van der Waals surface area (Å²) in [6.07, 6.45) is 1.74. The Morgan fingerprint density at radius 3 is 2.52 bits per heavy atom. The Kier molecular flexibility index (Phi) is 5.43. The van der Waals surface area contributed by atoms with Crippen molar-refractivity contribution in [3.63, 3.8) is 0 Å². The van der Waals surface area contributed by atoms with Crippen molar-refractivity contribution >= 4 is 23.7 Å². The van der Waals surface area contributed by atoms with Crippen molar-refractivity contribution in [2.45, 2.75) is 12.2 Å². The fourth-order valence-electron chi connectivity index (χ4n) is 2.16. The van der Waals surface area contributed by atoms with Gasteiger partial charge in [-0.25, -0.2) is 15.0 Å². The first-order valence-corrected chi connectivity index (χ1v) is 7.90. The van der Waals surface area contributed by atoms with E-state index in [2.05, 4.69) is 25.0 Å². The maximum Gasteiger partial charge on any atom is 0.422 e. The Morgan fingerprint density at radius 1 is 1.22 bits per heavy atom. The molecule has 7 nitrogen and oxygen atoms in total. The van der Waals surface area contributed by atoms with E-state index in [4.69, 9.17) is 10.5 Å². The van der Waals surface area contributed by atoms with E-state index in [0.717, 1.165) is 11.3 Å². The SMILES string of the molecule is NC1=NC(C=Cc2ccc(Nc3ncc(OCC(F)(F)F)cn3)cc2)CO1. The molecule has 1 aromatic heterocycles. The van der Waals surface area contributed by atoms with Gasteiger partial charge < -0.3 is 20.5 Å². The van der Waals surface area contributed by atoms with Gasteiger partial charge in [0.1, 0.15) is 12.6 Å². The molecule has 3 rings (SSSR count). The summed E-state index contributed by atoms with van der Waals surface area (Å²) in [5.41, 5.74) is 7.13. The number of halogens is 3. The summed E-state index contributed by atoms with van der Waals surface area (Å²) >= 11 is 0. The van der Waals surface area contributed by atoms with Gasteiger partial charge in [-0.2, -0.15) is 13.2 Å². The number of aliphatic imine (C=N–C) groups is 1. The molecule has 1 aromatic carbocycles. The molecule has 0 amide bonds. The van der Waals surface area contributed by atoms with Crippen molar-refractivity contribution in [3.05, 3.63) is 48.3 Å². The minimum atomic E-state index is -4.41. The molecule has 1 atom stereocenters. The number of alkyl halides is 3. The van der Waals surface area contributed by atoms with Crippen LogP contribution in [0, 0.1) is 0 Å². The highest BCUT2D eigenvalue weighted by Crippen LogP contribution is 2.19. The van der Waals surface area contributed by atoms with Crippen LogP contribution in [0.5, 0.6) is 5.75 Å². The molecule has 1 aliphatic rings. The van der Waals surface area contributed by atoms with Gasteiger partial charge in [-0.3, -0.25) is 0 Å². The van der Waals surface area contributed by atoms with Crippen LogP contribution in [0.3, 0.4) is 0 Å². The largest absolute Gasteiger partial charge is 0.481 e. The van der Waals surface area contributed by atoms with Gasteiger partial charge in [-0.15, -0.1) is 0 Å². The molecular formula is C17H16F3N5O2. The molecule has 3 N–H and O–H groups in total. The topological polar surface area (TPSA) is 94.7 Å². The first-order valence-electron chi connectivity index (χ1n) is 7.90. The number of nitrogens with two attached hydrogens (primary N) is 1. The standard InChI is InChI=1S/C17H16F3N5O2/c18-17(19,20)10-27-14-7-22-16(23-8-14)25-12-4-1-11(2-5-12)3-6-13-9-26-15(21)24-13/h1-8,13H,9-10H2,(H2,21,24)(H,22,23,25). The summed E-state index contributed by atoms with van der Waals surface area (Å²) in [7, 11) is 0. The lowest BCUT2D eigenvalue weighted by molar-refractivity contribution is -0.153. The number of rotatable bonds is 6. The molecule has 0 spiro atoms. The van der Waals surface area contributed by atoms with Gasteiger partial charge in [0.15, 0.2) is 12.4 Å². The maximum absolute atomic E-state index is 12.1. The summed E-state index contributed by atoms with van der Waals surface area (Å²) in [6, 6.07) is 7.50. The fraction of sp³-hybridized carbons (Fsp3) is 0.235. The lowest BCUT2D eigenvalue weighted by Crippen LogP contribution is -2.19. The van der Waals surface area contributed by atoms with Crippen LogP contribution in [0.25, 0.3) is 6.08 Å². The minimum absolute atomic E-state index is 0.0578. The zero-order valence-corrected chi connectivity index (χ0v) is 14.0. The van der Waals surface area contributed by atoms with E-state index in [-0.39, 0.29) is 23.8 Å². The average Bonchev–Trinajstić information content (AvgIpc) is 3.05. The van der Waals surface area contributed by atoms with Gasteiger partial charge in [-0.05, 0) is 17.7 Å². The fourth-order valence-corrected chi connectivity index (χ4v) is 2.16. The lowest BCUT2D eigenvalue weighted by atomic mass is 10.1. The highest BCUT2D eigenvalue weighted by molar-refractivity contribution is 5.73. The van der Waals surface area contributed by atoms with Gasteiger partial charge in [0.25, 0.3) is 6.02 Å². The Hall–Kier alpha value is -3.30. The van der Waals surface area contributed by atoms with Crippen molar-refractivity contribution in [2.75, 3.05) is 18.5 Å². The number of benzene rings is 1. The number of nitrogens with one attached hydrogen (secondary N) is 1. The maximum atomic E-state index is 12.1. The first-order chi connectivity index (χ1) is 12.9. The lowest BCUT2D eigenvalue weighted by Gasteiger charge is -2.09. The number of nitrogens with zero attached hydrogens (tertiary/aromatic N) is 3. The molecule has 0 saturated heterocycles. The second kappa shape index (κ2) is 7.94. The van der Waals surface area contributed by atoms with Crippen molar-refractivity contribution in [3.8, 4) is 5.75 Å². The zero-order chi connectivity index (χ0) is 19.3. The quantitative estimate of drug-likeness (QED) is 0.802. The average molecular weight is 379 g/mol. The van der Waals surface area contributed by atoms with E-state index in [1.807, 2.05) is 36.4 Å². The molecule has 27 heavy (non-hydrogen) atoms. The van der Waals surface area contributed by atoms with Gasteiger partial charge in [0.2, 0.25) is 5.95 Å². The number of ether oxygens (including phenoxy) is 2. The van der Waals surface area contributed by atoms with Crippen molar-refractivity contribution in [1.82, 2.24) is 9.97 Å². The van der Waals surface area contributed by atoms with Crippen LogP contribution in [0.1, 0.15) is 5.56 Å². The third kappa shape index (κ3) is 5.87. The Morgan fingerprint density at radius 2 is 1.93 bits per heavy atom. The van der Waals surface area contributed by atoms with Gasteiger partial charge in [0, 0.05) is 5.69 Å². The predicted octanol–water partition coefficient (Wildman–Crippen LogP) is 2.89. The third-order valence-electron chi connectivity index (χ3n) is 3.40. The number of aromatic nitrogens is 2. The first kappa shape index (κ1) is 18.5. The Bertz CT molecular complexity index is 820. The summed E-state index contributed by atoms with van der Waals surface area (Å²) in [5.74, 6) is 0.183. The van der Waals surface area contributed by atoms with E-state index < -0.39 is 12.8 Å². The molecule has 1 unspecified atom stereocenters. The van der Waals surface area contributed by atoms with Gasteiger partial charge in [-0.1, -0.05) is 24.3 Å². The highest BCUT2D eigenvalue weighted by Gasteiger charge is 2.28. The molecule has 0 fully saturated rings. The van der Waals surface area contributed by atoms with Crippen molar-refractivity contribution < 1.29 is 22.6 Å². The number of anilines is 2. The van der Waals surface area contributed by atoms with Gasteiger partial charge in [0.05, 0.1) is 12.4 Å². The Labute approximate surface area is 152 Å². The van der Waals surface area contributed by atoms with Crippen LogP contribution in [-0.2, 0) is 4.74 Å². The predicted molar refractivity (Wildman–Crippen MR) is 93.7 cm³/mol. The third-order valence-corrected chi connectivity index (χ3v) is 3.40. The monoisotopic (exact) mass is 379 g/mol. The molecule has 10 heteroatoms. The molecule has 0 saturated carbocycles. The molecule has 142 valence electrons. The summed E-state index contributed by atoms with van der Waals surface area (Å²) in [5, 5.41) is 2.95. The van der Waals surface area contributed by atoms with Crippen molar-refractivity contribution in [1.29, 1.82) is 0 Å². The van der Waals surface area contributed by atoms with Crippen LogP contribution in [0.2, 0.25) is 0 Å². The molecule has 2 aromatic rings. The van der Waals surface area contributed by atoms with Gasteiger partial charge >= 0.3 is 6.18 Å². The summed E-state index contributed by atoms with van der Waals surface area (Å²) in [4.78, 5) is 11.9. The summed E-state index contributed by atoms with van der Waals surface area (Å²) in [6.45, 7) is -0.953. The molecular weight excluding hydrogens is 363 g/mol. The molecule has 2 heterocycles. The summed E-state index contributed by atoms with van der Waals surface area (Å²) < 4.78 is 45.9. The molecule has 0 aliphatic carbocycles. The smallest absolute Gasteiger partial charge is 0.422 e. The Balaban J connectivity index is 1.54. The number of hydrogen-bond acceptors (Lipinski definition) is 7. The number of amidine groups is 1. The highest BCUT2D eigenvalue weighted by atomic mass is 19.4. The van der Waals surface area contributed by atoms with Crippen LogP contribution in [0.4, 0.5) is 24.8 Å². The van der Waals surface area contributed by atoms with Crippen LogP contribution in [0.15, 0.2) is 47.7 Å². The minimum Gasteiger partial charge on any atom is -0.481 e. The molecule has 0 bridgehead atoms. The molecule has 1 aliphatic heterocycles. The molecule has 0 radical (unpaired) electrons. The second-order valence-corrected chi connectivity index (χ2v) is 5.60. The zero-order valence-electron chi connectivity index (χ0n) is 14.0. The van der Waals surface area contributed by atoms with E-state index >= 15 is 0 Å². The van der Waals surface area contributed by atoms with E-state index in [0.29, 0.717) is 6.61 Å². The van der Waals surface area contributed by atoms with Crippen LogP contribution < -0.4 is 15.8 Å². The van der Waals surface area contributed by atoms with E-state index in [1.54, 1.807) is 0 Å². The van der Waals surface area contributed by atoms with Crippen molar-refractivity contribution in [2.24, 2.45) is 10.7 Å². The van der Waals surface area contributed by atoms with E-state index in [9.17, 15) is 13.2 Å². The van der Waals surface area contributed by atoms with E-state index in [1.165, 1.54) is 12.4 Å². The van der Waals surface area contributed by atoms with Crippen LogP contribution >= 0.6 is 0 Å².